The van der Waals surface area contributed by atoms with Crippen LogP contribution in [0.4, 0.5) is 0 Å². The molecule has 6 nitrogen and oxygen atoms in total. The first kappa shape index (κ1) is 18.2. The topological polar surface area (TPSA) is 81.7 Å². The molecular weight excluding hydrogens is 294 g/mol. The van der Waals surface area contributed by atoms with Crippen molar-refractivity contribution in [3.05, 3.63) is 0 Å². The minimum Gasteiger partial charge on any atom is -0.392 e. The molecular formula is C14H26ClN3O3. The van der Waals surface area contributed by atoms with Crippen molar-refractivity contribution >= 4 is 24.2 Å². The van der Waals surface area contributed by atoms with Crippen LogP contribution in [0.2, 0.25) is 0 Å². The molecule has 2 aliphatic rings. The smallest absolute Gasteiger partial charge is 0.239 e. The van der Waals surface area contributed by atoms with Gasteiger partial charge in [0, 0.05) is 26.2 Å². The fourth-order valence-electron chi connectivity index (χ4n) is 2.91. The van der Waals surface area contributed by atoms with Crippen LogP contribution >= 0.6 is 12.4 Å². The minimum absolute atomic E-state index is 0. The van der Waals surface area contributed by atoms with Gasteiger partial charge in [0.05, 0.1) is 18.1 Å². The van der Waals surface area contributed by atoms with E-state index in [0.717, 1.165) is 19.3 Å². The van der Waals surface area contributed by atoms with Gasteiger partial charge in [-0.2, -0.15) is 0 Å². The molecule has 2 amide bonds. The van der Waals surface area contributed by atoms with Crippen LogP contribution in [-0.2, 0) is 9.59 Å². The molecule has 3 atom stereocenters. The van der Waals surface area contributed by atoms with Crippen LogP contribution in [0, 0.1) is 5.92 Å². The van der Waals surface area contributed by atoms with Gasteiger partial charge in [0.15, 0.2) is 0 Å². The fraction of sp³-hybridized carbons (Fsp3) is 0.857. The monoisotopic (exact) mass is 319 g/mol. The second kappa shape index (κ2) is 8.56. The number of nitrogens with one attached hydrogen (secondary N) is 2. The van der Waals surface area contributed by atoms with Crippen molar-refractivity contribution in [1.82, 2.24) is 15.5 Å². The number of β-amino-alcohol motifs (C(OH)–C–C–N with tert-alkyl or cyclic N) is 1. The number of aliphatic hydroxyl groups excluding tert-OH is 1. The van der Waals surface area contributed by atoms with Crippen molar-refractivity contribution < 1.29 is 14.7 Å². The van der Waals surface area contributed by atoms with Crippen molar-refractivity contribution in [2.24, 2.45) is 5.92 Å². The lowest BCUT2D eigenvalue weighted by atomic mass is 9.96. The van der Waals surface area contributed by atoms with E-state index in [9.17, 15) is 14.7 Å². The van der Waals surface area contributed by atoms with Crippen LogP contribution < -0.4 is 10.6 Å². The standard InChI is InChI=1S/C14H25N3O3.ClH/c1-2-5-15-13(19)10-4-3-6-17(9-10)14(20)12-7-11(18)8-16-12;/h10-12,16,18H,2-9H2,1H3,(H,15,19);1H. The number of aliphatic hydroxyl groups is 1. The van der Waals surface area contributed by atoms with Gasteiger partial charge in [-0.1, -0.05) is 6.92 Å². The average molecular weight is 320 g/mol. The third kappa shape index (κ3) is 4.83. The predicted molar refractivity (Wildman–Crippen MR) is 82.3 cm³/mol. The summed E-state index contributed by atoms with van der Waals surface area (Å²) in [6, 6.07) is -0.289. The fourth-order valence-corrected chi connectivity index (χ4v) is 2.91. The second-order valence-corrected chi connectivity index (χ2v) is 5.76. The Morgan fingerprint density at radius 2 is 2.19 bits per heavy atom. The molecule has 0 radical (unpaired) electrons. The Labute approximate surface area is 132 Å². The van der Waals surface area contributed by atoms with Gasteiger partial charge in [0.2, 0.25) is 11.8 Å². The zero-order valence-corrected chi connectivity index (χ0v) is 13.3. The molecule has 0 saturated carbocycles. The molecule has 2 fully saturated rings. The maximum absolute atomic E-state index is 12.3. The van der Waals surface area contributed by atoms with Gasteiger partial charge in [0.25, 0.3) is 0 Å². The summed E-state index contributed by atoms with van der Waals surface area (Å²) in [7, 11) is 0. The SMILES string of the molecule is CCCNC(=O)C1CCCN(C(=O)C2CC(O)CN2)C1.Cl. The van der Waals surface area contributed by atoms with Crippen LogP contribution in [0.25, 0.3) is 0 Å². The molecule has 0 aromatic rings. The number of piperidine rings is 1. The lowest BCUT2D eigenvalue weighted by Crippen LogP contribution is -2.50. The van der Waals surface area contributed by atoms with Crippen LogP contribution in [-0.4, -0.2) is 60.1 Å². The Bertz CT molecular complexity index is 367. The molecule has 122 valence electrons. The molecule has 2 rings (SSSR count). The van der Waals surface area contributed by atoms with Crippen LogP contribution in [0.5, 0.6) is 0 Å². The van der Waals surface area contributed by atoms with Gasteiger partial charge in [-0.05, 0) is 25.7 Å². The molecule has 2 heterocycles. The molecule has 0 aromatic heterocycles. The molecule has 0 spiro atoms. The van der Waals surface area contributed by atoms with Crippen molar-refractivity contribution in [3.63, 3.8) is 0 Å². The Kier molecular flexibility index (Phi) is 7.42. The molecule has 2 saturated heterocycles. The predicted octanol–water partition coefficient (Wildman–Crippen LogP) is -0.104. The maximum Gasteiger partial charge on any atom is 0.239 e. The lowest BCUT2D eigenvalue weighted by Gasteiger charge is -2.33. The van der Waals surface area contributed by atoms with Crippen molar-refractivity contribution in [2.45, 2.75) is 44.8 Å². The number of carbonyl (C=O) groups excluding carboxylic acids is 2. The van der Waals surface area contributed by atoms with E-state index >= 15 is 0 Å². The maximum atomic E-state index is 12.3. The number of rotatable bonds is 4. The average Bonchev–Trinajstić information content (AvgIpc) is 2.90. The zero-order chi connectivity index (χ0) is 14.5. The quantitative estimate of drug-likeness (QED) is 0.675. The number of halogens is 1. The summed E-state index contributed by atoms with van der Waals surface area (Å²) < 4.78 is 0. The number of likely N-dealkylation sites (tertiary alicyclic amines) is 1. The second-order valence-electron chi connectivity index (χ2n) is 5.76. The minimum atomic E-state index is -0.433. The summed E-state index contributed by atoms with van der Waals surface area (Å²) in [5.74, 6) is -0.0103. The van der Waals surface area contributed by atoms with Crippen LogP contribution in [0.1, 0.15) is 32.6 Å². The van der Waals surface area contributed by atoms with Gasteiger partial charge < -0.3 is 20.6 Å². The van der Waals surface area contributed by atoms with E-state index in [2.05, 4.69) is 10.6 Å². The molecule has 21 heavy (non-hydrogen) atoms. The molecule has 7 heteroatoms. The van der Waals surface area contributed by atoms with Crippen molar-refractivity contribution in [2.75, 3.05) is 26.2 Å². The normalized spacial score (nSPS) is 28.9. The van der Waals surface area contributed by atoms with E-state index in [1.165, 1.54) is 0 Å². The highest BCUT2D eigenvalue weighted by Crippen LogP contribution is 2.19. The number of hydrogen-bond acceptors (Lipinski definition) is 4. The summed E-state index contributed by atoms with van der Waals surface area (Å²) in [5.41, 5.74) is 0. The van der Waals surface area contributed by atoms with E-state index in [1.54, 1.807) is 4.90 Å². The Hall–Kier alpha value is -0.850. The first-order valence-electron chi connectivity index (χ1n) is 7.59. The molecule has 2 aliphatic heterocycles. The summed E-state index contributed by atoms with van der Waals surface area (Å²) in [5, 5.41) is 15.4. The van der Waals surface area contributed by atoms with Crippen molar-refractivity contribution in [1.29, 1.82) is 0 Å². The van der Waals surface area contributed by atoms with Gasteiger partial charge >= 0.3 is 0 Å². The highest BCUT2D eigenvalue weighted by Gasteiger charge is 2.34. The third-order valence-corrected chi connectivity index (χ3v) is 4.06. The molecule has 0 aromatic carbocycles. The van der Waals surface area contributed by atoms with E-state index in [1.807, 2.05) is 6.92 Å². The highest BCUT2D eigenvalue weighted by molar-refractivity contribution is 5.85. The summed E-state index contributed by atoms with van der Waals surface area (Å²) in [6.07, 6.45) is 2.68. The van der Waals surface area contributed by atoms with E-state index in [4.69, 9.17) is 0 Å². The van der Waals surface area contributed by atoms with E-state index < -0.39 is 6.10 Å². The number of nitrogens with zero attached hydrogens (tertiary/aromatic N) is 1. The van der Waals surface area contributed by atoms with Crippen molar-refractivity contribution in [3.8, 4) is 0 Å². The molecule has 3 unspecified atom stereocenters. The number of carbonyl (C=O) groups is 2. The summed E-state index contributed by atoms with van der Waals surface area (Å²) in [6.45, 7) is 4.41. The highest BCUT2D eigenvalue weighted by atomic mass is 35.5. The number of amides is 2. The van der Waals surface area contributed by atoms with Gasteiger partial charge in [-0.3, -0.25) is 9.59 Å². The lowest BCUT2D eigenvalue weighted by molar-refractivity contribution is -0.137. The largest absolute Gasteiger partial charge is 0.392 e. The first-order valence-corrected chi connectivity index (χ1v) is 7.59. The number of hydrogen-bond donors (Lipinski definition) is 3. The zero-order valence-electron chi connectivity index (χ0n) is 12.5. The van der Waals surface area contributed by atoms with Gasteiger partial charge in [-0.25, -0.2) is 0 Å². The van der Waals surface area contributed by atoms with E-state index in [-0.39, 0.29) is 36.2 Å². The third-order valence-electron chi connectivity index (χ3n) is 4.06. The van der Waals surface area contributed by atoms with Gasteiger partial charge in [0.1, 0.15) is 0 Å². The van der Waals surface area contributed by atoms with Crippen LogP contribution in [0.3, 0.4) is 0 Å². The Morgan fingerprint density at radius 3 is 2.81 bits per heavy atom. The summed E-state index contributed by atoms with van der Waals surface area (Å²) in [4.78, 5) is 26.1. The first-order chi connectivity index (χ1) is 9.61. The molecule has 0 bridgehead atoms. The van der Waals surface area contributed by atoms with Crippen LogP contribution in [0.15, 0.2) is 0 Å². The Balaban J connectivity index is 0.00000220. The molecule has 3 N–H and O–H groups in total. The van der Waals surface area contributed by atoms with Gasteiger partial charge in [-0.15, -0.1) is 12.4 Å². The summed E-state index contributed by atoms with van der Waals surface area (Å²) >= 11 is 0. The Morgan fingerprint density at radius 1 is 1.43 bits per heavy atom. The van der Waals surface area contributed by atoms with E-state index in [0.29, 0.717) is 32.6 Å². The molecule has 0 aliphatic carbocycles.